The van der Waals surface area contributed by atoms with Crippen molar-refractivity contribution in [3.05, 3.63) is 34.8 Å². The van der Waals surface area contributed by atoms with E-state index in [1.807, 2.05) is 27.7 Å². The minimum Gasteiger partial charge on any atom is -0.466 e. The highest BCUT2D eigenvalue weighted by molar-refractivity contribution is 5.33. The zero-order chi connectivity index (χ0) is 10.9. The Hall–Kier alpha value is -1.02. The zero-order valence-electron chi connectivity index (χ0n) is 9.35. The monoisotopic (exact) mass is 194 g/mol. The van der Waals surface area contributed by atoms with E-state index in [2.05, 4.69) is 6.58 Å². The third-order valence-corrected chi connectivity index (χ3v) is 2.49. The molecule has 0 spiro atoms. The number of hydrogen-bond acceptors (Lipinski definition) is 2. The average Bonchev–Trinajstić information content (AvgIpc) is 2.25. The van der Waals surface area contributed by atoms with E-state index in [1.165, 1.54) is 0 Å². The van der Waals surface area contributed by atoms with Crippen molar-refractivity contribution >= 4 is 0 Å². The Bertz CT molecular complexity index is 347. The molecule has 1 aromatic heterocycles. The molecule has 0 amide bonds. The number of aliphatic hydroxyl groups is 1. The van der Waals surface area contributed by atoms with Crippen molar-refractivity contribution in [1.82, 2.24) is 0 Å². The zero-order valence-corrected chi connectivity index (χ0v) is 9.35. The second kappa shape index (κ2) is 4.01. The van der Waals surface area contributed by atoms with E-state index in [1.54, 1.807) is 0 Å². The summed E-state index contributed by atoms with van der Waals surface area (Å²) in [6.45, 7) is 11.5. The number of furan rings is 1. The first-order valence-corrected chi connectivity index (χ1v) is 4.82. The fraction of sp³-hybridized carbons (Fsp3) is 0.500. The summed E-state index contributed by atoms with van der Waals surface area (Å²) in [5.41, 5.74) is 2.96. The Morgan fingerprint density at radius 3 is 2.29 bits per heavy atom. The molecule has 2 nitrogen and oxygen atoms in total. The van der Waals surface area contributed by atoms with Gasteiger partial charge in [-0.15, -0.1) is 6.58 Å². The molecule has 1 heterocycles. The number of rotatable bonds is 3. The fourth-order valence-electron chi connectivity index (χ4n) is 1.73. The van der Waals surface area contributed by atoms with Gasteiger partial charge in [-0.1, -0.05) is 5.57 Å². The van der Waals surface area contributed by atoms with Crippen LogP contribution in [0.2, 0.25) is 0 Å². The summed E-state index contributed by atoms with van der Waals surface area (Å²) in [6, 6.07) is 0. The predicted octanol–water partition coefficient (Wildman–Crippen LogP) is 3.20. The summed E-state index contributed by atoms with van der Waals surface area (Å²) in [6.07, 6.45) is 0.116. The standard InChI is InChI=1S/C12H18O2/c1-7(2)6-11(13)12-8(3)9(4)14-10(12)5/h11,13H,1,6H2,2-5H3. The molecule has 0 fully saturated rings. The average molecular weight is 194 g/mol. The van der Waals surface area contributed by atoms with Gasteiger partial charge in [0.25, 0.3) is 0 Å². The van der Waals surface area contributed by atoms with Crippen LogP contribution in [0.5, 0.6) is 0 Å². The van der Waals surface area contributed by atoms with Gasteiger partial charge in [0.1, 0.15) is 11.5 Å². The molecule has 14 heavy (non-hydrogen) atoms. The second-order valence-corrected chi connectivity index (χ2v) is 3.93. The molecule has 0 saturated carbocycles. The summed E-state index contributed by atoms with van der Waals surface area (Å²) < 4.78 is 5.46. The lowest BCUT2D eigenvalue weighted by Gasteiger charge is -2.10. The molecule has 0 aliphatic carbocycles. The molecule has 0 saturated heterocycles. The molecule has 1 rings (SSSR count). The first-order chi connectivity index (χ1) is 6.43. The largest absolute Gasteiger partial charge is 0.466 e. The minimum atomic E-state index is -0.482. The van der Waals surface area contributed by atoms with Crippen LogP contribution in [0, 0.1) is 20.8 Å². The van der Waals surface area contributed by atoms with Crippen molar-refractivity contribution in [3.63, 3.8) is 0 Å². The maximum atomic E-state index is 9.95. The lowest BCUT2D eigenvalue weighted by atomic mass is 9.99. The third-order valence-electron chi connectivity index (χ3n) is 2.49. The number of aryl methyl sites for hydroxylation is 2. The van der Waals surface area contributed by atoms with Crippen LogP contribution < -0.4 is 0 Å². The molecular formula is C12H18O2. The van der Waals surface area contributed by atoms with E-state index in [4.69, 9.17) is 4.42 Å². The van der Waals surface area contributed by atoms with E-state index in [0.717, 1.165) is 28.2 Å². The van der Waals surface area contributed by atoms with Crippen molar-refractivity contribution in [1.29, 1.82) is 0 Å². The lowest BCUT2D eigenvalue weighted by Crippen LogP contribution is -2.00. The highest BCUT2D eigenvalue weighted by Crippen LogP contribution is 2.30. The Morgan fingerprint density at radius 2 is 1.93 bits per heavy atom. The van der Waals surface area contributed by atoms with E-state index < -0.39 is 6.10 Å². The SMILES string of the molecule is C=C(C)CC(O)c1c(C)oc(C)c1C. The molecule has 0 aliphatic heterocycles. The summed E-state index contributed by atoms with van der Waals surface area (Å²) in [7, 11) is 0. The molecule has 1 aromatic rings. The van der Waals surface area contributed by atoms with Gasteiger partial charge < -0.3 is 9.52 Å². The first-order valence-electron chi connectivity index (χ1n) is 4.82. The van der Waals surface area contributed by atoms with Crippen molar-refractivity contribution in [2.45, 2.75) is 40.2 Å². The van der Waals surface area contributed by atoms with Gasteiger partial charge in [0.2, 0.25) is 0 Å². The summed E-state index contributed by atoms with van der Waals surface area (Å²) >= 11 is 0. The van der Waals surface area contributed by atoms with Gasteiger partial charge in [0, 0.05) is 5.56 Å². The van der Waals surface area contributed by atoms with Gasteiger partial charge in [-0.3, -0.25) is 0 Å². The Kier molecular flexibility index (Phi) is 3.17. The smallest absolute Gasteiger partial charge is 0.107 e. The Balaban J connectivity index is 2.99. The molecule has 1 unspecified atom stereocenters. The number of hydrogen-bond donors (Lipinski definition) is 1. The predicted molar refractivity (Wildman–Crippen MR) is 57.3 cm³/mol. The van der Waals surface area contributed by atoms with E-state index in [9.17, 15) is 5.11 Å². The molecule has 1 N–H and O–H groups in total. The fourth-order valence-corrected chi connectivity index (χ4v) is 1.73. The van der Waals surface area contributed by atoms with Crippen molar-refractivity contribution in [3.8, 4) is 0 Å². The molecule has 78 valence electrons. The van der Waals surface area contributed by atoms with E-state index in [-0.39, 0.29) is 0 Å². The summed E-state index contributed by atoms with van der Waals surface area (Å²) in [5.74, 6) is 1.70. The molecule has 1 atom stereocenters. The molecule has 0 radical (unpaired) electrons. The molecule has 2 heteroatoms. The second-order valence-electron chi connectivity index (χ2n) is 3.93. The van der Waals surface area contributed by atoms with Crippen molar-refractivity contribution < 1.29 is 9.52 Å². The Labute approximate surface area is 85.2 Å². The van der Waals surface area contributed by atoms with Crippen LogP contribution in [-0.4, -0.2) is 5.11 Å². The maximum Gasteiger partial charge on any atom is 0.107 e. The van der Waals surface area contributed by atoms with Gasteiger partial charge in [-0.25, -0.2) is 0 Å². The van der Waals surface area contributed by atoms with E-state index in [0.29, 0.717) is 6.42 Å². The van der Waals surface area contributed by atoms with Crippen LogP contribution in [-0.2, 0) is 0 Å². The van der Waals surface area contributed by atoms with Crippen molar-refractivity contribution in [2.75, 3.05) is 0 Å². The van der Waals surface area contributed by atoms with Gasteiger partial charge in [0.05, 0.1) is 6.10 Å². The lowest BCUT2D eigenvalue weighted by molar-refractivity contribution is 0.176. The molecule has 0 bridgehead atoms. The van der Waals surface area contributed by atoms with E-state index >= 15 is 0 Å². The molecule has 0 aliphatic rings. The van der Waals surface area contributed by atoms with Crippen LogP contribution in [0.25, 0.3) is 0 Å². The van der Waals surface area contributed by atoms with Crippen LogP contribution in [0.15, 0.2) is 16.6 Å². The third kappa shape index (κ3) is 2.07. The normalized spacial score (nSPS) is 12.9. The first kappa shape index (κ1) is 11.1. The highest BCUT2D eigenvalue weighted by Gasteiger charge is 2.18. The Morgan fingerprint density at radius 1 is 1.36 bits per heavy atom. The number of aliphatic hydroxyl groups excluding tert-OH is 1. The quantitative estimate of drug-likeness (QED) is 0.749. The van der Waals surface area contributed by atoms with Gasteiger partial charge in [0.15, 0.2) is 0 Å². The molecular weight excluding hydrogens is 176 g/mol. The van der Waals surface area contributed by atoms with Crippen LogP contribution >= 0.6 is 0 Å². The minimum absolute atomic E-state index is 0.482. The topological polar surface area (TPSA) is 33.4 Å². The van der Waals surface area contributed by atoms with Crippen LogP contribution in [0.1, 0.15) is 42.1 Å². The van der Waals surface area contributed by atoms with Crippen LogP contribution in [0.4, 0.5) is 0 Å². The molecule has 0 aromatic carbocycles. The van der Waals surface area contributed by atoms with Crippen molar-refractivity contribution in [2.24, 2.45) is 0 Å². The summed E-state index contributed by atoms with van der Waals surface area (Å²) in [5, 5.41) is 9.95. The highest BCUT2D eigenvalue weighted by atomic mass is 16.3. The maximum absolute atomic E-state index is 9.95. The van der Waals surface area contributed by atoms with Gasteiger partial charge >= 0.3 is 0 Å². The summed E-state index contributed by atoms with van der Waals surface area (Å²) in [4.78, 5) is 0. The van der Waals surface area contributed by atoms with Crippen LogP contribution in [0.3, 0.4) is 0 Å². The van der Waals surface area contributed by atoms with Gasteiger partial charge in [-0.05, 0) is 39.7 Å². The van der Waals surface area contributed by atoms with Gasteiger partial charge in [-0.2, -0.15) is 0 Å².